The van der Waals surface area contributed by atoms with Crippen LogP contribution in [-0.2, 0) is 4.74 Å². The van der Waals surface area contributed by atoms with Gasteiger partial charge in [0.05, 0.1) is 19.8 Å². The maximum absolute atomic E-state index is 5.50. The third-order valence-corrected chi connectivity index (χ3v) is 5.66. The molecule has 2 aliphatic rings. The summed E-state index contributed by atoms with van der Waals surface area (Å²) in [7, 11) is 0. The van der Waals surface area contributed by atoms with Crippen LogP contribution in [0.15, 0.2) is 4.99 Å². The molecule has 0 amide bonds. The van der Waals surface area contributed by atoms with Crippen LogP contribution in [0.2, 0.25) is 0 Å². The zero-order chi connectivity index (χ0) is 18.8. The van der Waals surface area contributed by atoms with Crippen molar-refractivity contribution in [2.75, 3.05) is 65.6 Å². The average Bonchev–Trinajstić information content (AvgIpc) is 2.64. The number of guanidine groups is 1. The number of hydrogen-bond acceptors (Lipinski definition) is 4. The average molecular weight is 368 g/mol. The summed E-state index contributed by atoms with van der Waals surface area (Å²) in [6.45, 7) is 19.1. The Bertz CT molecular complexity index is 401. The quantitative estimate of drug-likeness (QED) is 0.504. The van der Waals surface area contributed by atoms with Crippen molar-refractivity contribution in [1.29, 1.82) is 0 Å². The molecule has 2 rings (SSSR count). The minimum atomic E-state index is 0.484. The molecule has 2 heterocycles. The molecular formula is C20H41N5O. The number of hydrogen-bond donors (Lipinski definition) is 2. The Hall–Kier alpha value is -0.850. The zero-order valence-electron chi connectivity index (χ0n) is 17.5. The van der Waals surface area contributed by atoms with Crippen molar-refractivity contribution in [2.45, 2.75) is 46.6 Å². The van der Waals surface area contributed by atoms with Crippen molar-refractivity contribution < 1.29 is 4.74 Å². The molecule has 2 aliphatic heterocycles. The van der Waals surface area contributed by atoms with E-state index in [-0.39, 0.29) is 0 Å². The van der Waals surface area contributed by atoms with E-state index in [1.807, 2.05) is 0 Å². The number of ether oxygens (including phenoxy) is 1. The van der Waals surface area contributed by atoms with E-state index in [0.717, 1.165) is 64.4 Å². The second-order valence-electron chi connectivity index (χ2n) is 8.13. The van der Waals surface area contributed by atoms with Gasteiger partial charge >= 0.3 is 0 Å². The van der Waals surface area contributed by atoms with Crippen molar-refractivity contribution in [3.05, 3.63) is 0 Å². The minimum Gasteiger partial charge on any atom is -0.379 e. The topological polar surface area (TPSA) is 52.1 Å². The van der Waals surface area contributed by atoms with E-state index in [0.29, 0.717) is 12.0 Å². The summed E-state index contributed by atoms with van der Waals surface area (Å²) < 4.78 is 5.50. The third kappa shape index (κ3) is 7.41. The molecule has 2 saturated heterocycles. The minimum absolute atomic E-state index is 0.484. The highest BCUT2D eigenvalue weighted by Gasteiger charge is 2.23. The fourth-order valence-corrected chi connectivity index (χ4v) is 3.80. The summed E-state index contributed by atoms with van der Waals surface area (Å²) in [6.07, 6.45) is 2.67. The molecule has 6 heteroatoms. The van der Waals surface area contributed by atoms with Gasteiger partial charge in [-0.05, 0) is 44.7 Å². The molecule has 2 N–H and O–H groups in total. The van der Waals surface area contributed by atoms with Gasteiger partial charge in [-0.2, -0.15) is 0 Å². The normalized spacial score (nSPS) is 22.6. The molecule has 6 nitrogen and oxygen atoms in total. The standard InChI is InChI=1S/C20H41N5O/c1-5-21-20(22-8-11-24-9-6-18(4)7-10-24)23-16-19(17(2)3)25-12-14-26-15-13-25/h17-19H,5-16H2,1-4H3,(H2,21,22,23). The Balaban J connectivity index is 1.79. The number of nitrogens with zero attached hydrogens (tertiary/aromatic N) is 3. The summed E-state index contributed by atoms with van der Waals surface area (Å²) in [4.78, 5) is 10.0. The monoisotopic (exact) mass is 367 g/mol. The van der Waals surface area contributed by atoms with Gasteiger partial charge in [-0.15, -0.1) is 0 Å². The van der Waals surface area contributed by atoms with Crippen molar-refractivity contribution in [3.63, 3.8) is 0 Å². The van der Waals surface area contributed by atoms with Crippen LogP contribution >= 0.6 is 0 Å². The second kappa shape index (κ2) is 11.8. The Morgan fingerprint density at radius 1 is 1.12 bits per heavy atom. The first kappa shape index (κ1) is 21.5. The van der Waals surface area contributed by atoms with E-state index >= 15 is 0 Å². The van der Waals surface area contributed by atoms with Crippen LogP contribution in [0.3, 0.4) is 0 Å². The first-order valence-electron chi connectivity index (χ1n) is 10.7. The van der Waals surface area contributed by atoms with E-state index in [9.17, 15) is 0 Å². The van der Waals surface area contributed by atoms with E-state index in [1.54, 1.807) is 0 Å². The Kier molecular flexibility index (Phi) is 9.72. The molecular weight excluding hydrogens is 326 g/mol. The lowest BCUT2D eigenvalue weighted by Gasteiger charge is -2.36. The smallest absolute Gasteiger partial charge is 0.191 e. The third-order valence-electron chi connectivity index (χ3n) is 5.66. The van der Waals surface area contributed by atoms with Gasteiger partial charge in [-0.25, -0.2) is 0 Å². The van der Waals surface area contributed by atoms with Gasteiger partial charge in [-0.3, -0.25) is 9.89 Å². The van der Waals surface area contributed by atoms with Crippen molar-refractivity contribution in [3.8, 4) is 0 Å². The van der Waals surface area contributed by atoms with Crippen molar-refractivity contribution >= 4 is 5.96 Å². The summed E-state index contributed by atoms with van der Waals surface area (Å²) in [5.74, 6) is 2.44. The number of nitrogens with one attached hydrogen (secondary N) is 2. The lowest BCUT2D eigenvalue weighted by atomic mass is 9.99. The first-order chi connectivity index (χ1) is 12.6. The Morgan fingerprint density at radius 2 is 1.81 bits per heavy atom. The molecule has 0 radical (unpaired) electrons. The molecule has 0 aromatic heterocycles. The summed E-state index contributed by atoms with van der Waals surface area (Å²) in [5.41, 5.74) is 0. The van der Waals surface area contributed by atoms with Gasteiger partial charge in [0.25, 0.3) is 0 Å². The number of rotatable bonds is 8. The Labute approximate surface area is 160 Å². The second-order valence-corrected chi connectivity index (χ2v) is 8.13. The molecule has 0 aliphatic carbocycles. The fourth-order valence-electron chi connectivity index (χ4n) is 3.80. The highest BCUT2D eigenvalue weighted by atomic mass is 16.5. The summed E-state index contributed by atoms with van der Waals surface area (Å²) in [5, 5.41) is 6.93. The number of likely N-dealkylation sites (tertiary alicyclic amines) is 1. The first-order valence-corrected chi connectivity index (χ1v) is 10.7. The lowest BCUT2D eigenvalue weighted by molar-refractivity contribution is 0.00867. The summed E-state index contributed by atoms with van der Waals surface area (Å²) in [6, 6.07) is 0.484. The molecule has 152 valence electrons. The molecule has 1 atom stereocenters. The molecule has 2 fully saturated rings. The highest BCUT2D eigenvalue weighted by Crippen LogP contribution is 2.15. The molecule has 0 saturated carbocycles. The van der Waals surface area contributed by atoms with Gasteiger partial charge in [0.15, 0.2) is 5.96 Å². The van der Waals surface area contributed by atoms with E-state index in [4.69, 9.17) is 9.73 Å². The highest BCUT2D eigenvalue weighted by molar-refractivity contribution is 5.79. The number of piperidine rings is 1. The molecule has 0 bridgehead atoms. The van der Waals surface area contributed by atoms with Crippen LogP contribution in [0.25, 0.3) is 0 Å². The van der Waals surface area contributed by atoms with Gasteiger partial charge < -0.3 is 20.3 Å². The van der Waals surface area contributed by atoms with Crippen molar-refractivity contribution in [2.24, 2.45) is 16.8 Å². The van der Waals surface area contributed by atoms with Crippen LogP contribution in [0.5, 0.6) is 0 Å². The van der Waals surface area contributed by atoms with Crippen LogP contribution in [0, 0.1) is 11.8 Å². The predicted molar refractivity (Wildman–Crippen MR) is 110 cm³/mol. The Morgan fingerprint density at radius 3 is 2.42 bits per heavy atom. The van der Waals surface area contributed by atoms with Crippen LogP contribution in [0.1, 0.15) is 40.5 Å². The van der Waals surface area contributed by atoms with Crippen LogP contribution < -0.4 is 10.6 Å². The predicted octanol–water partition coefficient (Wildman–Crippen LogP) is 1.63. The van der Waals surface area contributed by atoms with E-state index in [2.05, 4.69) is 48.1 Å². The van der Waals surface area contributed by atoms with E-state index in [1.165, 1.54) is 25.9 Å². The van der Waals surface area contributed by atoms with Crippen LogP contribution in [-0.4, -0.2) is 87.4 Å². The summed E-state index contributed by atoms with van der Waals surface area (Å²) >= 11 is 0. The lowest BCUT2D eigenvalue weighted by Crippen LogP contribution is -2.48. The van der Waals surface area contributed by atoms with Gasteiger partial charge in [0.1, 0.15) is 0 Å². The zero-order valence-corrected chi connectivity index (χ0v) is 17.5. The molecule has 1 unspecified atom stereocenters. The molecule has 0 aromatic carbocycles. The van der Waals surface area contributed by atoms with Gasteiger partial charge in [0.2, 0.25) is 0 Å². The fraction of sp³-hybridized carbons (Fsp3) is 0.950. The van der Waals surface area contributed by atoms with Crippen molar-refractivity contribution in [1.82, 2.24) is 20.4 Å². The van der Waals surface area contributed by atoms with Crippen LogP contribution in [0.4, 0.5) is 0 Å². The molecule has 0 aromatic rings. The van der Waals surface area contributed by atoms with Gasteiger partial charge in [0, 0.05) is 38.8 Å². The van der Waals surface area contributed by atoms with E-state index < -0.39 is 0 Å². The molecule has 26 heavy (non-hydrogen) atoms. The largest absolute Gasteiger partial charge is 0.379 e. The number of aliphatic imine (C=N–C) groups is 1. The van der Waals surface area contributed by atoms with Gasteiger partial charge in [-0.1, -0.05) is 20.8 Å². The SMILES string of the molecule is CCNC(=NCC(C(C)C)N1CCOCC1)NCCN1CCC(C)CC1. The maximum Gasteiger partial charge on any atom is 0.191 e. The maximum atomic E-state index is 5.50. The number of morpholine rings is 1. The molecule has 0 spiro atoms.